The highest BCUT2D eigenvalue weighted by Crippen LogP contribution is 2.28. The predicted octanol–water partition coefficient (Wildman–Crippen LogP) is 4.50. The average Bonchev–Trinajstić information content (AvgIpc) is 2.90. The van der Waals surface area contributed by atoms with Crippen LogP contribution in [-0.4, -0.2) is 4.98 Å². The largest absolute Gasteiger partial charge is 0.235 e. The van der Waals surface area contributed by atoms with E-state index in [4.69, 9.17) is 0 Å². The molecule has 20 heavy (non-hydrogen) atoms. The molecule has 4 heteroatoms. The lowest BCUT2D eigenvalue weighted by atomic mass is 10.1. The number of para-hydroxylation sites is 1. The quantitative estimate of drug-likeness (QED) is 0.648. The lowest BCUT2D eigenvalue weighted by Gasteiger charge is -1.96. The molecule has 0 aliphatic rings. The number of aromatic nitrogens is 1. The van der Waals surface area contributed by atoms with Crippen molar-refractivity contribution in [2.24, 2.45) is 0 Å². The van der Waals surface area contributed by atoms with E-state index in [1.165, 1.54) is 23.5 Å². The molecule has 0 unspecified atom stereocenters. The Labute approximate surface area is 119 Å². The number of halogens is 1. The van der Waals surface area contributed by atoms with Gasteiger partial charge in [-0.25, -0.2) is 9.37 Å². The van der Waals surface area contributed by atoms with Crippen LogP contribution in [-0.2, 0) is 0 Å². The van der Waals surface area contributed by atoms with Gasteiger partial charge in [0.2, 0.25) is 0 Å². The molecule has 3 rings (SSSR count). The Morgan fingerprint density at radius 2 is 1.90 bits per heavy atom. The van der Waals surface area contributed by atoms with Crippen LogP contribution in [0.5, 0.6) is 0 Å². The number of thiazole rings is 1. The zero-order valence-electron chi connectivity index (χ0n) is 10.4. The summed E-state index contributed by atoms with van der Waals surface area (Å²) in [5, 5.41) is 9.89. The van der Waals surface area contributed by atoms with Crippen molar-refractivity contribution in [1.29, 1.82) is 5.26 Å². The monoisotopic (exact) mass is 280 g/mol. The molecule has 0 N–H and O–H groups in total. The topological polar surface area (TPSA) is 36.7 Å². The van der Waals surface area contributed by atoms with Gasteiger partial charge in [0.05, 0.1) is 15.8 Å². The third-order valence-electron chi connectivity index (χ3n) is 2.85. The normalized spacial score (nSPS) is 11.5. The smallest absolute Gasteiger partial charge is 0.135 e. The number of allylic oxidation sites excluding steroid dienone is 1. The number of hydrogen-bond donors (Lipinski definition) is 0. The highest BCUT2D eigenvalue weighted by atomic mass is 32.1. The molecule has 1 heterocycles. The average molecular weight is 280 g/mol. The molecule has 96 valence electrons. The zero-order chi connectivity index (χ0) is 13.9. The Hall–Kier alpha value is -2.51. The van der Waals surface area contributed by atoms with Crippen LogP contribution in [0.1, 0.15) is 10.6 Å². The Morgan fingerprint density at radius 1 is 1.15 bits per heavy atom. The van der Waals surface area contributed by atoms with Gasteiger partial charge in [0.1, 0.15) is 16.9 Å². The van der Waals surface area contributed by atoms with Crippen molar-refractivity contribution in [1.82, 2.24) is 4.98 Å². The number of rotatable bonds is 2. The molecule has 0 aliphatic heterocycles. The molecule has 0 bridgehead atoms. The summed E-state index contributed by atoms with van der Waals surface area (Å²) in [5.74, 6) is -0.346. The molecule has 0 fully saturated rings. The summed E-state index contributed by atoms with van der Waals surface area (Å²) >= 11 is 1.43. The molecule has 0 atom stereocenters. The maximum absolute atomic E-state index is 13.6. The van der Waals surface area contributed by atoms with Gasteiger partial charge in [0, 0.05) is 5.56 Å². The SMILES string of the molecule is N#C/C(=C/c1ccccc1F)c1nc2ccccc2s1. The second kappa shape index (κ2) is 5.24. The van der Waals surface area contributed by atoms with Crippen molar-refractivity contribution in [3.05, 3.63) is 64.9 Å². The summed E-state index contributed by atoms with van der Waals surface area (Å²) in [6, 6.07) is 16.1. The first-order valence-corrected chi connectivity index (χ1v) is 6.82. The second-order valence-corrected chi connectivity index (χ2v) is 5.21. The third kappa shape index (κ3) is 2.31. The Balaban J connectivity index is 2.10. The number of hydrogen-bond acceptors (Lipinski definition) is 3. The lowest BCUT2D eigenvalue weighted by Crippen LogP contribution is -1.84. The van der Waals surface area contributed by atoms with E-state index in [1.54, 1.807) is 18.2 Å². The fraction of sp³-hybridized carbons (Fsp3) is 0. The molecule has 1 aromatic heterocycles. The van der Waals surface area contributed by atoms with E-state index in [2.05, 4.69) is 11.1 Å². The molecule has 0 aliphatic carbocycles. The van der Waals surface area contributed by atoms with Gasteiger partial charge in [0.25, 0.3) is 0 Å². The van der Waals surface area contributed by atoms with Gasteiger partial charge < -0.3 is 0 Å². The summed E-state index contributed by atoms with van der Waals surface area (Å²) < 4.78 is 14.6. The van der Waals surface area contributed by atoms with E-state index in [9.17, 15) is 9.65 Å². The van der Waals surface area contributed by atoms with Crippen LogP contribution in [0, 0.1) is 17.1 Å². The predicted molar refractivity (Wildman–Crippen MR) is 79.5 cm³/mol. The van der Waals surface area contributed by atoms with Crippen molar-refractivity contribution in [3.63, 3.8) is 0 Å². The lowest BCUT2D eigenvalue weighted by molar-refractivity contribution is 0.625. The van der Waals surface area contributed by atoms with E-state index in [0.29, 0.717) is 16.1 Å². The maximum Gasteiger partial charge on any atom is 0.135 e. The number of benzene rings is 2. The van der Waals surface area contributed by atoms with Gasteiger partial charge in [0.15, 0.2) is 0 Å². The van der Waals surface area contributed by atoms with E-state index in [1.807, 2.05) is 24.3 Å². The standard InChI is InChI=1S/C16H9FN2S/c17-13-6-2-1-5-11(13)9-12(10-18)16-19-14-7-3-4-8-15(14)20-16/h1-9H/b12-9-. The molecule has 0 saturated heterocycles. The van der Waals surface area contributed by atoms with Gasteiger partial charge in [-0.1, -0.05) is 30.3 Å². The number of fused-ring (bicyclic) bond motifs is 1. The van der Waals surface area contributed by atoms with E-state index < -0.39 is 0 Å². The highest BCUT2D eigenvalue weighted by molar-refractivity contribution is 7.19. The summed E-state index contributed by atoms with van der Waals surface area (Å²) in [6.07, 6.45) is 1.53. The minimum Gasteiger partial charge on any atom is -0.235 e. The molecule has 0 saturated carbocycles. The summed E-state index contributed by atoms with van der Waals surface area (Å²) in [7, 11) is 0. The van der Waals surface area contributed by atoms with Gasteiger partial charge in [-0.3, -0.25) is 0 Å². The molecule has 2 nitrogen and oxygen atoms in total. The fourth-order valence-electron chi connectivity index (χ4n) is 1.88. The first-order chi connectivity index (χ1) is 9.78. The van der Waals surface area contributed by atoms with Crippen molar-refractivity contribution < 1.29 is 4.39 Å². The summed E-state index contributed by atoms with van der Waals surface area (Å²) in [4.78, 5) is 4.42. The van der Waals surface area contributed by atoms with Crippen LogP contribution in [0.4, 0.5) is 4.39 Å². The molecular formula is C16H9FN2S. The molecule has 0 amide bonds. The molecular weight excluding hydrogens is 271 g/mol. The Morgan fingerprint density at radius 3 is 2.65 bits per heavy atom. The first-order valence-electron chi connectivity index (χ1n) is 6.00. The van der Waals surface area contributed by atoms with Crippen LogP contribution in [0.25, 0.3) is 21.9 Å². The van der Waals surface area contributed by atoms with Gasteiger partial charge in [-0.2, -0.15) is 5.26 Å². The van der Waals surface area contributed by atoms with Gasteiger partial charge in [-0.15, -0.1) is 11.3 Å². The van der Waals surface area contributed by atoms with Gasteiger partial charge >= 0.3 is 0 Å². The Kier molecular flexibility index (Phi) is 3.28. The van der Waals surface area contributed by atoms with Gasteiger partial charge in [-0.05, 0) is 24.3 Å². The van der Waals surface area contributed by atoms with Crippen molar-refractivity contribution >= 4 is 33.2 Å². The fourth-order valence-corrected chi connectivity index (χ4v) is 2.81. The van der Waals surface area contributed by atoms with E-state index >= 15 is 0 Å². The molecule has 2 aromatic carbocycles. The molecule has 0 spiro atoms. The van der Waals surface area contributed by atoms with Crippen LogP contribution < -0.4 is 0 Å². The van der Waals surface area contributed by atoms with Crippen molar-refractivity contribution in [3.8, 4) is 6.07 Å². The van der Waals surface area contributed by atoms with Crippen molar-refractivity contribution in [2.75, 3.05) is 0 Å². The Bertz CT molecular complexity index is 810. The second-order valence-electron chi connectivity index (χ2n) is 4.18. The molecule has 0 radical (unpaired) electrons. The van der Waals surface area contributed by atoms with Crippen molar-refractivity contribution in [2.45, 2.75) is 0 Å². The van der Waals surface area contributed by atoms with Crippen LogP contribution in [0.2, 0.25) is 0 Å². The molecule has 3 aromatic rings. The maximum atomic E-state index is 13.6. The summed E-state index contributed by atoms with van der Waals surface area (Å²) in [5.41, 5.74) is 1.61. The first kappa shape index (κ1) is 12.5. The zero-order valence-corrected chi connectivity index (χ0v) is 11.2. The van der Waals surface area contributed by atoms with E-state index in [-0.39, 0.29) is 5.82 Å². The minimum absolute atomic E-state index is 0.346. The van der Waals surface area contributed by atoms with Crippen LogP contribution in [0.3, 0.4) is 0 Å². The van der Waals surface area contributed by atoms with E-state index in [0.717, 1.165) is 10.2 Å². The number of nitriles is 1. The van der Waals surface area contributed by atoms with Crippen LogP contribution in [0.15, 0.2) is 48.5 Å². The highest BCUT2D eigenvalue weighted by Gasteiger charge is 2.09. The minimum atomic E-state index is -0.346. The number of nitrogens with zero attached hydrogens (tertiary/aromatic N) is 2. The summed E-state index contributed by atoms with van der Waals surface area (Å²) in [6.45, 7) is 0. The van der Waals surface area contributed by atoms with Crippen LogP contribution >= 0.6 is 11.3 Å². The third-order valence-corrected chi connectivity index (χ3v) is 3.92.